The lowest BCUT2D eigenvalue weighted by atomic mass is 9.97. The highest BCUT2D eigenvalue weighted by molar-refractivity contribution is 4.83. The predicted octanol–water partition coefficient (Wildman–Crippen LogP) is 2.21. The van der Waals surface area contributed by atoms with E-state index in [4.69, 9.17) is 4.74 Å². The van der Waals surface area contributed by atoms with Crippen LogP contribution in [-0.4, -0.2) is 11.7 Å². The van der Waals surface area contributed by atoms with Crippen LogP contribution in [0, 0.1) is 5.92 Å². The van der Waals surface area contributed by atoms with Gasteiger partial charge in [-0.2, -0.15) is 0 Å². The molecule has 1 aliphatic heterocycles. The Bertz CT molecular complexity index is 95.1. The first kappa shape index (κ1) is 7.07. The van der Waals surface area contributed by atoms with Gasteiger partial charge in [0.2, 0.25) is 0 Å². The van der Waals surface area contributed by atoms with Crippen molar-refractivity contribution < 1.29 is 4.74 Å². The van der Waals surface area contributed by atoms with Crippen LogP contribution in [0.25, 0.3) is 0 Å². The third-order valence-electron chi connectivity index (χ3n) is 2.12. The van der Waals surface area contributed by atoms with Gasteiger partial charge >= 0.3 is 0 Å². The lowest BCUT2D eigenvalue weighted by Gasteiger charge is -2.16. The van der Waals surface area contributed by atoms with Gasteiger partial charge in [0.1, 0.15) is 0 Å². The fourth-order valence-electron chi connectivity index (χ4n) is 1.61. The second-order valence-corrected chi connectivity index (χ2v) is 3.76. The molecule has 0 amide bonds. The van der Waals surface area contributed by atoms with Crippen LogP contribution >= 0.6 is 0 Å². The topological polar surface area (TPSA) is 9.23 Å². The van der Waals surface area contributed by atoms with Gasteiger partial charge in [0.05, 0.1) is 11.7 Å². The van der Waals surface area contributed by atoms with E-state index in [1.54, 1.807) is 0 Å². The summed E-state index contributed by atoms with van der Waals surface area (Å²) >= 11 is 0. The quantitative estimate of drug-likeness (QED) is 0.486. The summed E-state index contributed by atoms with van der Waals surface area (Å²) in [6.07, 6.45) is 1.66. The molecule has 0 aromatic carbocycles. The van der Waals surface area contributed by atoms with E-state index < -0.39 is 0 Å². The van der Waals surface area contributed by atoms with Gasteiger partial charge in [-0.3, -0.25) is 0 Å². The van der Waals surface area contributed by atoms with Gasteiger partial charge in [0.25, 0.3) is 0 Å². The van der Waals surface area contributed by atoms with Crippen LogP contribution in [0.1, 0.15) is 34.1 Å². The molecule has 0 aromatic heterocycles. The molecule has 1 heterocycles. The lowest BCUT2D eigenvalue weighted by Crippen LogP contribution is -2.18. The highest BCUT2D eigenvalue weighted by atomic mass is 16.5. The Balaban J connectivity index is 2.54. The van der Waals surface area contributed by atoms with Gasteiger partial charge in [0, 0.05) is 0 Å². The van der Waals surface area contributed by atoms with Crippen molar-refractivity contribution in [1.29, 1.82) is 0 Å². The summed E-state index contributed by atoms with van der Waals surface area (Å²) in [5.74, 6) is 0.736. The van der Waals surface area contributed by atoms with E-state index in [1.165, 1.54) is 6.42 Å². The Morgan fingerprint density at radius 3 is 2.00 bits per heavy atom. The maximum Gasteiger partial charge on any atom is 0.0633 e. The summed E-state index contributed by atoms with van der Waals surface area (Å²) in [4.78, 5) is 0. The van der Waals surface area contributed by atoms with Gasteiger partial charge in [-0.1, -0.05) is 6.92 Å². The summed E-state index contributed by atoms with van der Waals surface area (Å²) in [6, 6.07) is 0. The second-order valence-electron chi connectivity index (χ2n) is 3.76. The van der Waals surface area contributed by atoms with E-state index in [0.717, 1.165) is 5.92 Å². The first-order valence-corrected chi connectivity index (χ1v) is 3.69. The summed E-state index contributed by atoms with van der Waals surface area (Å²) in [7, 11) is 0. The predicted molar refractivity (Wildman–Crippen MR) is 38.4 cm³/mol. The van der Waals surface area contributed by atoms with Crippen LogP contribution in [-0.2, 0) is 4.74 Å². The Kier molecular flexibility index (Phi) is 1.55. The molecule has 0 aromatic rings. The molecule has 54 valence electrons. The molecule has 1 rings (SSSR count). The van der Waals surface area contributed by atoms with Crippen molar-refractivity contribution in [3.63, 3.8) is 0 Å². The molecule has 0 radical (unpaired) electrons. The number of ether oxygens (including phenoxy) is 1. The Labute approximate surface area is 57.4 Å². The van der Waals surface area contributed by atoms with Crippen molar-refractivity contribution in [3.8, 4) is 0 Å². The van der Waals surface area contributed by atoms with Crippen LogP contribution in [0.2, 0.25) is 0 Å². The zero-order valence-electron chi connectivity index (χ0n) is 6.77. The first-order chi connectivity index (χ1) is 4.01. The molecule has 0 unspecified atom stereocenters. The molecule has 1 nitrogen and oxygen atoms in total. The molecule has 1 fully saturated rings. The zero-order chi connectivity index (χ0) is 7.07. The van der Waals surface area contributed by atoms with Gasteiger partial charge in [-0.15, -0.1) is 0 Å². The van der Waals surface area contributed by atoms with E-state index in [-0.39, 0.29) is 5.60 Å². The standard InChI is InChI=1S/C8H16O/c1-6-5-8(3,4)9-7(6)2/h6-7H,5H2,1-4H3/t6-,7-/m1/s1. The summed E-state index contributed by atoms with van der Waals surface area (Å²) < 4.78 is 5.66. The number of rotatable bonds is 0. The van der Waals surface area contributed by atoms with Gasteiger partial charge in [0.15, 0.2) is 0 Å². The van der Waals surface area contributed by atoms with Crippen molar-refractivity contribution in [2.45, 2.75) is 45.8 Å². The summed E-state index contributed by atoms with van der Waals surface area (Å²) in [5.41, 5.74) is 0.138. The monoisotopic (exact) mass is 128 g/mol. The largest absolute Gasteiger partial charge is 0.372 e. The van der Waals surface area contributed by atoms with Crippen LogP contribution in [0.4, 0.5) is 0 Å². The Hall–Kier alpha value is -0.0400. The van der Waals surface area contributed by atoms with Crippen LogP contribution in [0.3, 0.4) is 0 Å². The van der Waals surface area contributed by atoms with Gasteiger partial charge in [-0.25, -0.2) is 0 Å². The average molecular weight is 128 g/mol. The normalized spacial score (nSPS) is 41.3. The van der Waals surface area contributed by atoms with E-state index in [2.05, 4.69) is 27.7 Å². The van der Waals surface area contributed by atoms with E-state index >= 15 is 0 Å². The number of hydrogen-bond acceptors (Lipinski definition) is 1. The van der Waals surface area contributed by atoms with E-state index in [1.807, 2.05) is 0 Å². The molecule has 9 heavy (non-hydrogen) atoms. The van der Waals surface area contributed by atoms with E-state index in [9.17, 15) is 0 Å². The third-order valence-corrected chi connectivity index (χ3v) is 2.12. The number of hydrogen-bond donors (Lipinski definition) is 0. The van der Waals surface area contributed by atoms with Crippen molar-refractivity contribution in [2.75, 3.05) is 0 Å². The maximum atomic E-state index is 5.66. The Morgan fingerprint density at radius 2 is 1.89 bits per heavy atom. The van der Waals surface area contributed by atoms with E-state index in [0.29, 0.717) is 6.10 Å². The van der Waals surface area contributed by atoms with Gasteiger partial charge < -0.3 is 4.74 Å². The van der Waals surface area contributed by atoms with Crippen molar-refractivity contribution >= 4 is 0 Å². The van der Waals surface area contributed by atoms with Crippen LogP contribution in [0.15, 0.2) is 0 Å². The molecule has 0 spiro atoms. The van der Waals surface area contributed by atoms with Gasteiger partial charge in [-0.05, 0) is 33.1 Å². The molecule has 0 bridgehead atoms. The smallest absolute Gasteiger partial charge is 0.0633 e. The van der Waals surface area contributed by atoms with Crippen molar-refractivity contribution in [2.24, 2.45) is 5.92 Å². The maximum absolute atomic E-state index is 5.66. The molecule has 0 aliphatic carbocycles. The zero-order valence-corrected chi connectivity index (χ0v) is 6.77. The fourth-order valence-corrected chi connectivity index (χ4v) is 1.61. The Morgan fingerprint density at radius 1 is 1.33 bits per heavy atom. The van der Waals surface area contributed by atoms with Crippen LogP contribution < -0.4 is 0 Å². The highest BCUT2D eigenvalue weighted by Crippen LogP contribution is 2.33. The molecule has 0 saturated carbocycles. The SMILES string of the molecule is C[C@@H]1CC(C)(C)O[C@@H]1C. The van der Waals surface area contributed by atoms with Crippen molar-refractivity contribution in [3.05, 3.63) is 0 Å². The molecule has 1 saturated heterocycles. The first-order valence-electron chi connectivity index (χ1n) is 3.69. The summed E-state index contributed by atoms with van der Waals surface area (Å²) in [6.45, 7) is 8.72. The minimum absolute atomic E-state index is 0.138. The molecule has 1 heteroatoms. The van der Waals surface area contributed by atoms with Crippen molar-refractivity contribution in [1.82, 2.24) is 0 Å². The summed E-state index contributed by atoms with van der Waals surface area (Å²) in [5, 5.41) is 0. The molecule has 1 aliphatic rings. The molecule has 2 atom stereocenters. The minimum atomic E-state index is 0.138. The minimum Gasteiger partial charge on any atom is -0.372 e. The average Bonchev–Trinajstić information content (AvgIpc) is 1.79. The molecular weight excluding hydrogens is 112 g/mol. The van der Waals surface area contributed by atoms with Crippen LogP contribution in [0.5, 0.6) is 0 Å². The molecule has 0 N–H and O–H groups in total. The second kappa shape index (κ2) is 1.98. The third kappa shape index (κ3) is 1.45. The molecular formula is C8H16O. The lowest BCUT2D eigenvalue weighted by molar-refractivity contribution is -0.0109. The highest BCUT2D eigenvalue weighted by Gasteiger charge is 2.34. The fraction of sp³-hybridized carbons (Fsp3) is 1.00.